The van der Waals surface area contributed by atoms with E-state index in [1.165, 1.54) is 4.90 Å². The molecule has 1 aliphatic rings. The zero-order valence-corrected chi connectivity index (χ0v) is 10.7. The summed E-state index contributed by atoms with van der Waals surface area (Å²) in [7, 11) is 1.70. The van der Waals surface area contributed by atoms with Gasteiger partial charge >= 0.3 is 6.09 Å². The Morgan fingerprint density at radius 1 is 1.50 bits per heavy atom. The van der Waals surface area contributed by atoms with E-state index in [0.717, 1.165) is 12.8 Å². The number of carbonyl (C=O) groups excluding carboxylic acids is 1. The van der Waals surface area contributed by atoms with E-state index in [1.54, 1.807) is 7.05 Å². The number of aliphatic hydroxyl groups excluding tert-OH is 1. The van der Waals surface area contributed by atoms with Crippen molar-refractivity contribution in [2.24, 2.45) is 5.92 Å². The standard InChI is InChI=1S/C12H23NO3/c1-12(2,3)16-11(15)13(4)8-7-10(14)9-5-6-9/h9-10,14H,5-8H2,1-4H3. The number of hydrogen-bond donors (Lipinski definition) is 1. The second-order valence-corrected chi connectivity index (χ2v) is 5.60. The molecule has 0 aliphatic heterocycles. The van der Waals surface area contributed by atoms with Gasteiger partial charge in [-0.1, -0.05) is 0 Å². The molecule has 94 valence electrons. The molecule has 0 heterocycles. The Labute approximate surface area is 97.6 Å². The summed E-state index contributed by atoms with van der Waals surface area (Å²) >= 11 is 0. The average molecular weight is 229 g/mol. The smallest absolute Gasteiger partial charge is 0.410 e. The Morgan fingerprint density at radius 3 is 2.50 bits per heavy atom. The van der Waals surface area contributed by atoms with E-state index in [-0.39, 0.29) is 12.2 Å². The van der Waals surface area contributed by atoms with Gasteiger partial charge in [-0.05, 0) is 46.0 Å². The van der Waals surface area contributed by atoms with Crippen LogP contribution in [0.25, 0.3) is 0 Å². The highest BCUT2D eigenvalue weighted by molar-refractivity contribution is 5.67. The number of aliphatic hydroxyl groups is 1. The second kappa shape index (κ2) is 5.04. The van der Waals surface area contributed by atoms with Crippen molar-refractivity contribution in [1.29, 1.82) is 0 Å². The molecule has 1 atom stereocenters. The third-order valence-corrected chi connectivity index (χ3v) is 2.63. The first-order valence-electron chi connectivity index (χ1n) is 5.92. The van der Waals surface area contributed by atoms with Crippen molar-refractivity contribution >= 4 is 6.09 Å². The van der Waals surface area contributed by atoms with Gasteiger partial charge in [0.25, 0.3) is 0 Å². The molecule has 1 aliphatic carbocycles. The molecule has 16 heavy (non-hydrogen) atoms. The van der Waals surface area contributed by atoms with Crippen molar-refractivity contribution in [1.82, 2.24) is 4.90 Å². The van der Waals surface area contributed by atoms with Crippen LogP contribution in [0.1, 0.15) is 40.0 Å². The Morgan fingerprint density at radius 2 is 2.06 bits per heavy atom. The Kier molecular flexibility index (Phi) is 4.19. The van der Waals surface area contributed by atoms with Gasteiger partial charge < -0.3 is 14.7 Å². The number of ether oxygens (including phenoxy) is 1. The molecular formula is C12H23NO3. The normalized spacial score (nSPS) is 18.1. The van der Waals surface area contributed by atoms with Crippen LogP contribution in [0.15, 0.2) is 0 Å². The molecule has 1 amide bonds. The maximum atomic E-state index is 11.6. The van der Waals surface area contributed by atoms with Gasteiger partial charge in [0, 0.05) is 13.6 Å². The van der Waals surface area contributed by atoms with Crippen LogP contribution in [0.3, 0.4) is 0 Å². The molecule has 1 N–H and O–H groups in total. The predicted molar refractivity (Wildman–Crippen MR) is 62.2 cm³/mol. The third-order valence-electron chi connectivity index (χ3n) is 2.63. The molecule has 1 rings (SSSR count). The van der Waals surface area contributed by atoms with Crippen LogP contribution >= 0.6 is 0 Å². The zero-order chi connectivity index (χ0) is 12.3. The Hall–Kier alpha value is -0.770. The highest BCUT2D eigenvalue weighted by Gasteiger charge is 2.30. The molecule has 1 fully saturated rings. The summed E-state index contributed by atoms with van der Waals surface area (Å²) in [5, 5.41) is 9.67. The molecule has 1 saturated carbocycles. The van der Waals surface area contributed by atoms with Gasteiger partial charge in [0.05, 0.1) is 6.10 Å². The SMILES string of the molecule is CN(CCC(O)C1CC1)C(=O)OC(C)(C)C. The van der Waals surface area contributed by atoms with Crippen LogP contribution in [-0.2, 0) is 4.74 Å². The van der Waals surface area contributed by atoms with Crippen LogP contribution in [-0.4, -0.2) is 41.4 Å². The van der Waals surface area contributed by atoms with Crippen molar-refractivity contribution in [3.05, 3.63) is 0 Å². The summed E-state index contributed by atoms with van der Waals surface area (Å²) in [5.41, 5.74) is -0.458. The fraction of sp³-hybridized carbons (Fsp3) is 0.917. The Bertz CT molecular complexity index is 243. The average Bonchev–Trinajstić information content (AvgIpc) is 2.93. The molecule has 4 heteroatoms. The first kappa shape index (κ1) is 13.3. The van der Waals surface area contributed by atoms with Gasteiger partial charge in [0.15, 0.2) is 0 Å². The fourth-order valence-electron chi connectivity index (χ4n) is 1.47. The topological polar surface area (TPSA) is 49.8 Å². The van der Waals surface area contributed by atoms with Crippen LogP contribution in [0, 0.1) is 5.92 Å². The quantitative estimate of drug-likeness (QED) is 0.802. The van der Waals surface area contributed by atoms with E-state index in [0.29, 0.717) is 18.9 Å². The van der Waals surface area contributed by atoms with E-state index < -0.39 is 5.60 Å². The molecule has 0 spiro atoms. The molecule has 1 unspecified atom stereocenters. The van der Waals surface area contributed by atoms with E-state index in [1.807, 2.05) is 20.8 Å². The third kappa shape index (κ3) is 4.84. The lowest BCUT2D eigenvalue weighted by atomic mass is 10.1. The summed E-state index contributed by atoms with van der Waals surface area (Å²) in [6.45, 7) is 6.08. The molecular weight excluding hydrogens is 206 g/mol. The number of amides is 1. The molecule has 0 radical (unpaired) electrons. The molecule has 0 bridgehead atoms. The zero-order valence-electron chi connectivity index (χ0n) is 10.7. The first-order valence-corrected chi connectivity index (χ1v) is 5.92. The van der Waals surface area contributed by atoms with Gasteiger partial charge in [-0.3, -0.25) is 0 Å². The van der Waals surface area contributed by atoms with E-state index >= 15 is 0 Å². The van der Waals surface area contributed by atoms with Crippen molar-refractivity contribution in [3.63, 3.8) is 0 Å². The highest BCUT2D eigenvalue weighted by Crippen LogP contribution is 2.33. The van der Waals surface area contributed by atoms with Gasteiger partial charge in [0.1, 0.15) is 5.60 Å². The fourth-order valence-corrected chi connectivity index (χ4v) is 1.47. The predicted octanol–water partition coefficient (Wildman–Crippen LogP) is 2.01. The van der Waals surface area contributed by atoms with Crippen molar-refractivity contribution in [2.75, 3.05) is 13.6 Å². The summed E-state index contributed by atoms with van der Waals surface area (Å²) in [5.74, 6) is 0.465. The number of nitrogens with zero attached hydrogens (tertiary/aromatic N) is 1. The number of carbonyl (C=O) groups is 1. The Balaban J connectivity index is 2.22. The van der Waals surface area contributed by atoms with E-state index in [2.05, 4.69) is 0 Å². The summed E-state index contributed by atoms with van der Waals surface area (Å²) < 4.78 is 5.21. The van der Waals surface area contributed by atoms with Crippen molar-refractivity contribution < 1.29 is 14.6 Å². The van der Waals surface area contributed by atoms with Crippen LogP contribution in [0.5, 0.6) is 0 Å². The van der Waals surface area contributed by atoms with E-state index in [9.17, 15) is 9.90 Å². The maximum Gasteiger partial charge on any atom is 0.410 e. The van der Waals surface area contributed by atoms with Gasteiger partial charge in [-0.15, -0.1) is 0 Å². The van der Waals surface area contributed by atoms with Gasteiger partial charge in [-0.2, -0.15) is 0 Å². The van der Waals surface area contributed by atoms with Crippen LogP contribution in [0.4, 0.5) is 4.79 Å². The van der Waals surface area contributed by atoms with E-state index in [4.69, 9.17) is 4.74 Å². The van der Waals surface area contributed by atoms with Gasteiger partial charge in [0.2, 0.25) is 0 Å². The molecule has 0 aromatic rings. The minimum Gasteiger partial charge on any atom is -0.444 e. The summed E-state index contributed by atoms with van der Waals surface area (Å²) in [4.78, 5) is 13.1. The maximum absolute atomic E-state index is 11.6. The molecule has 0 aromatic carbocycles. The lowest BCUT2D eigenvalue weighted by Gasteiger charge is -2.25. The minimum absolute atomic E-state index is 0.259. The van der Waals surface area contributed by atoms with Crippen LogP contribution < -0.4 is 0 Å². The highest BCUT2D eigenvalue weighted by atomic mass is 16.6. The lowest BCUT2D eigenvalue weighted by molar-refractivity contribution is 0.0267. The van der Waals surface area contributed by atoms with Crippen molar-refractivity contribution in [3.8, 4) is 0 Å². The number of rotatable bonds is 4. The number of hydrogen-bond acceptors (Lipinski definition) is 3. The summed E-state index contributed by atoms with van der Waals surface area (Å²) in [6, 6.07) is 0. The van der Waals surface area contributed by atoms with Crippen molar-refractivity contribution in [2.45, 2.75) is 51.7 Å². The summed E-state index contributed by atoms with van der Waals surface area (Å²) in [6.07, 6.45) is 2.30. The largest absolute Gasteiger partial charge is 0.444 e. The molecule has 4 nitrogen and oxygen atoms in total. The first-order chi connectivity index (χ1) is 7.29. The molecule has 0 aromatic heterocycles. The monoisotopic (exact) mass is 229 g/mol. The second-order valence-electron chi connectivity index (χ2n) is 5.60. The molecule has 0 saturated heterocycles. The minimum atomic E-state index is -0.458. The van der Waals surface area contributed by atoms with Gasteiger partial charge in [-0.25, -0.2) is 4.79 Å². The van der Waals surface area contributed by atoms with Crippen LogP contribution in [0.2, 0.25) is 0 Å². The lowest BCUT2D eigenvalue weighted by Crippen LogP contribution is -2.35.